The molecule has 0 aromatic heterocycles. The molecule has 0 unspecified atom stereocenters. The summed E-state index contributed by atoms with van der Waals surface area (Å²) < 4.78 is 32.6. The molecule has 0 atom stereocenters. The third-order valence-corrected chi connectivity index (χ3v) is 11.4. The van der Waals surface area contributed by atoms with Gasteiger partial charge in [0.2, 0.25) is 5.69 Å². The van der Waals surface area contributed by atoms with E-state index in [-0.39, 0.29) is 10.8 Å². The fourth-order valence-electron chi connectivity index (χ4n) is 7.25. The predicted octanol–water partition coefficient (Wildman–Crippen LogP) is 10.8. The van der Waals surface area contributed by atoms with E-state index in [0.29, 0.717) is 10.6 Å². The Morgan fingerprint density at radius 1 is 0.816 bits per heavy atom. The van der Waals surface area contributed by atoms with Gasteiger partial charge in [-0.05, 0) is 68.7 Å². The van der Waals surface area contributed by atoms with Gasteiger partial charge in [0.15, 0.2) is 21.3 Å². The predicted molar refractivity (Wildman–Crippen MR) is 208 cm³/mol. The zero-order chi connectivity index (χ0) is 35.7. The van der Waals surface area contributed by atoms with Crippen molar-refractivity contribution in [1.82, 2.24) is 0 Å². The lowest BCUT2D eigenvalue weighted by molar-refractivity contribution is -0.438. The fraction of sp³-hybridized carbons (Fsp3) is 0.537. The molecule has 49 heavy (non-hydrogen) atoms. The number of nitrogens with zero attached hydrogens (tertiary/aromatic N) is 2. The van der Waals surface area contributed by atoms with Crippen LogP contribution in [0.2, 0.25) is 0 Å². The van der Waals surface area contributed by atoms with Crippen molar-refractivity contribution in [2.45, 2.75) is 121 Å². The monoisotopic (exact) mass is 707 g/mol. The van der Waals surface area contributed by atoms with Crippen molar-refractivity contribution in [1.29, 1.82) is 0 Å². The largest absolute Gasteiger partial charge is 0.344 e. The summed E-state index contributed by atoms with van der Waals surface area (Å²) in [7, 11) is -3.30. The Morgan fingerprint density at radius 2 is 1.51 bits per heavy atom. The zero-order valence-corrected chi connectivity index (χ0v) is 32.8. The summed E-state index contributed by atoms with van der Waals surface area (Å²) in [5.41, 5.74) is 6.59. The van der Waals surface area contributed by atoms with Crippen LogP contribution in [0.4, 0.5) is 11.4 Å². The molecule has 268 valence electrons. The Bertz CT molecular complexity index is 1670. The smallest absolute Gasteiger partial charge is 0.210 e. The molecular formula is C41H59N2O4S2+. The highest BCUT2D eigenvalue weighted by atomic mass is 32.2. The molecule has 2 aromatic carbocycles. The van der Waals surface area contributed by atoms with Crippen LogP contribution in [-0.4, -0.2) is 44.3 Å². The van der Waals surface area contributed by atoms with Crippen LogP contribution in [0.3, 0.4) is 0 Å². The summed E-state index contributed by atoms with van der Waals surface area (Å²) >= 11 is 1.19. The number of anilines is 1. The van der Waals surface area contributed by atoms with E-state index < -0.39 is 9.84 Å². The molecule has 8 heteroatoms. The van der Waals surface area contributed by atoms with Crippen molar-refractivity contribution < 1.29 is 22.2 Å². The summed E-state index contributed by atoms with van der Waals surface area (Å²) in [5.74, 6) is 0.708. The van der Waals surface area contributed by atoms with Crippen LogP contribution < -0.4 is 9.79 Å². The Hall–Kier alpha value is -2.81. The first-order valence-corrected chi connectivity index (χ1v) is 21.3. The van der Waals surface area contributed by atoms with Crippen LogP contribution in [0.15, 0.2) is 77.4 Å². The highest BCUT2D eigenvalue weighted by molar-refractivity contribution is 7.93. The van der Waals surface area contributed by atoms with E-state index in [1.54, 1.807) is 6.07 Å². The summed E-state index contributed by atoms with van der Waals surface area (Å²) in [4.78, 5) is 8.30. The molecule has 0 radical (unpaired) electrons. The number of fused-ring (bicyclic) bond motifs is 2. The van der Waals surface area contributed by atoms with E-state index >= 15 is 0 Å². The first-order valence-electron chi connectivity index (χ1n) is 18.2. The number of rotatable bonds is 19. The van der Waals surface area contributed by atoms with Gasteiger partial charge >= 0.3 is 0 Å². The minimum Gasteiger partial charge on any atom is -0.344 e. The second-order valence-electron chi connectivity index (χ2n) is 14.5. The molecule has 0 saturated carbocycles. The van der Waals surface area contributed by atoms with E-state index in [1.807, 2.05) is 24.5 Å². The molecule has 0 bridgehead atoms. The van der Waals surface area contributed by atoms with Gasteiger partial charge in [-0.2, -0.15) is 4.58 Å². The van der Waals surface area contributed by atoms with Crippen molar-refractivity contribution in [3.63, 3.8) is 0 Å². The van der Waals surface area contributed by atoms with Crippen molar-refractivity contribution >= 4 is 39.0 Å². The van der Waals surface area contributed by atoms with Gasteiger partial charge in [0.05, 0.1) is 10.3 Å². The minimum absolute atomic E-state index is 0.207. The van der Waals surface area contributed by atoms with Crippen molar-refractivity contribution in [3.05, 3.63) is 83.6 Å². The van der Waals surface area contributed by atoms with Crippen molar-refractivity contribution in [2.75, 3.05) is 30.5 Å². The summed E-state index contributed by atoms with van der Waals surface area (Å²) in [6.45, 7) is 15.4. The van der Waals surface area contributed by atoms with E-state index in [1.165, 1.54) is 92.3 Å². The first kappa shape index (κ1) is 39.0. The van der Waals surface area contributed by atoms with E-state index in [0.717, 1.165) is 37.2 Å². The number of allylic oxidation sites excluding steroid dienone is 6. The van der Waals surface area contributed by atoms with E-state index in [2.05, 4.69) is 93.5 Å². The molecular weight excluding hydrogens is 649 g/mol. The maximum atomic E-state index is 12.5. The van der Waals surface area contributed by atoms with Crippen LogP contribution in [0.25, 0.3) is 0 Å². The Kier molecular flexibility index (Phi) is 13.9. The Balaban J connectivity index is 1.63. The van der Waals surface area contributed by atoms with E-state index in [9.17, 15) is 8.42 Å². The van der Waals surface area contributed by atoms with Gasteiger partial charge < -0.3 is 9.79 Å². The molecule has 2 aromatic rings. The van der Waals surface area contributed by atoms with Gasteiger partial charge in [-0.3, -0.25) is 0 Å². The molecule has 2 heterocycles. The van der Waals surface area contributed by atoms with Crippen molar-refractivity contribution in [3.8, 4) is 5.75 Å². The van der Waals surface area contributed by atoms with Gasteiger partial charge in [0.1, 0.15) is 6.54 Å². The number of unbranched alkanes of at least 4 members (excludes halogenated alkanes) is 8. The molecule has 0 saturated heterocycles. The highest BCUT2D eigenvalue weighted by Gasteiger charge is 2.44. The molecule has 0 aliphatic carbocycles. The Morgan fingerprint density at radius 3 is 2.18 bits per heavy atom. The van der Waals surface area contributed by atoms with Gasteiger partial charge in [-0.25, -0.2) is 8.42 Å². The third-order valence-electron chi connectivity index (χ3n) is 10.1. The summed E-state index contributed by atoms with van der Waals surface area (Å²) in [6, 6.07) is 11.9. The molecule has 0 spiro atoms. The van der Waals surface area contributed by atoms with Gasteiger partial charge in [-0.1, -0.05) is 90.9 Å². The second kappa shape index (κ2) is 17.4. The lowest BCUT2D eigenvalue weighted by Gasteiger charge is -2.27. The highest BCUT2D eigenvalue weighted by Crippen LogP contribution is 2.48. The quantitative estimate of drug-likeness (QED) is 0.0362. The molecule has 0 N–H and O–H groups in total. The van der Waals surface area contributed by atoms with Gasteiger partial charge in [0.25, 0.3) is 0 Å². The third kappa shape index (κ3) is 9.30. The van der Waals surface area contributed by atoms with Crippen molar-refractivity contribution in [2.24, 2.45) is 0 Å². The number of benzene rings is 2. The Labute approximate surface area is 301 Å². The van der Waals surface area contributed by atoms with Gasteiger partial charge in [-0.15, -0.1) is 4.33 Å². The lowest BCUT2D eigenvalue weighted by Crippen LogP contribution is -2.28. The average Bonchev–Trinajstić information content (AvgIpc) is 3.40. The molecule has 6 nitrogen and oxygen atoms in total. The molecule has 0 fully saturated rings. The number of hydrogen-bond donors (Lipinski definition) is 0. The molecule has 2 aliphatic heterocycles. The van der Waals surface area contributed by atoms with Crippen LogP contribution >= 0.6 is 12.0 Å². The normalized spacial score (nSPS) is 17.6. The van der Waals surface area contributed by atoms with Crippen LogP contribution in [-0.2, 0) is 25.0 Å². The lowest BCUT2D eigenvalue weighted by atomic mass is 9.81. The fourth-order valence-corrected chi connectivity index (χ4v) is 8.04. The van der Waals surface area contributed by atoms with E-state index in [4.69, 9.17) is 9.22 Å². The average molecular weight is 708 g/mol. The second-order valence-corrected chi connectivity index (χ2v) is 17.0. The molecule has 4 rings (SSSR count). The minimum atomic E-state index is -3.30. The zero-order valence-electron chi connectivity index (χ0n) is 31.2. The van der Waals surface area contributed by atoms with Crippen LogP contribution in [0.1, 0.15) is 117 Å². The van der Waals surface area contributed by atoms with Gasteiger partial charge in [0, 0.05) is 72.0 Å². The van der Waals surface area contributed by atoms with Crippen LogP contribution in [0, 0.1) is 0 Å². The standard InChI is InChI=1S/C41H59N2O4S2/c1-9-11-13-15-20-28-42-36-26-24-32(46-47-48-7)30-34(36)40(3,4)38(42)22-18-17-19-23-39-41(5,6)35-31-33(49(8,44)45)25-27-37(35)43(39)29-21-16-14-12-10-2/h17-19,22-27,30-31H,9-16,20-21,28-29H2,1-8H3/q+1. The molecule has 2 aliphatic rings. The summed E-state index contributed by atoms with van der Waals surface area (Å²) in [6.07, 6.45) is 26.2. The molecule has 0 amide bonds. The topological polar surface area (TPSA) is 58.9 Å². The van der Waals surface area contributed by atoms with Crippen LogP contribution in [0.5, 0.6) is 5.75 Å². The number of hydrogen-bond acceptors (Lipinski definition) is 6. The SMILES string of the molecule is CCCCCCCN1C(=CC=CC=CC2=[N+](CCCCCCC)c3ccc(OOSC)cc3C2(C)C)C(C)(C)c2cc(S(C)(=O)=O)ccc21. The number of sulfone groups is 1. The first-order chi connectivity index (χ1) is 23.4. The summed E-state index contributed by atoms with van der Waals surface area (Å²) in [5, 5.41) is 0. The maximum absolute atomic E-state index is 12.5. The maximum Gasteiger partial charge on any atom is 0.210 e.